The number of nitrogens with zero attached hydrogens (tertiary/aromatic N) is 3. The van der Waals surface area contributed by atoms with Crippen LogP contribution < -0.4 is 0 Å². The third-order valence-corrected chi connectivity index (χ3v) is 2.66. The van der Waals surface area contributed by atoms with E-state index in [1.165, 1.54) is 22.1 Å². The number of aromatic nitrogens is 3. The molecule has 0 aliphatic carbocycles. The normalized spacial score (nSPS) is 12.0. The highest BCUT2D eigenvalue weighted by Crippen LogP contribution is 2.28. The molecule has 0 atom stereocenters. The van der Waals surface area contributed by atoms with E-state index in [1.807, 2.05) is 0 Å². The van der Waals surface area contributed by atoms with Gasteiger partial charge >= 0.3 is 6.18 Å². The molecule has 0 amide bonds. The van der Waals surface area contributed by atoms with Crippen LogP contribution in [0.4, 0.5) is 13.2 Å². The molecule has 0 fully saturated rings. The van der Waals surface area contributed by atoms with Gasteiger partial charge in [0.25, 0.3) is 0 Å². The zero-order valence-corrected chi connectivity index (χ0v) is 8.43. The van der Waals surface area contributed by atoms with Gasteiger partial charge in [0.05, 0.1) is 11.2 Å². The largest absolute Gasteiger partial charge is 0.434 e. The van der Waals surface area contributed by atoms with Crippen LogP contribution in [0.15, 0.2) is 18.7 Å². The minimum atomic E-state index is -4.40. The third kappa shape index (κ3) is 2.01. The van der Waals surface area contributed by atoms with Crippen molar-refractivity contribution in [2.24, 2.45) is 0 Å². The van der Waals surface area contributed by atoms with E-state index in [0.717, 1.165) is 17.5 Å². The first-order valence-electron chi connectivity index (χ1n) is 4.01. The maximum Gasteiger partial charge on any atom is 0.434 e. The molecule has 2 aromatic rings. The molecule has 7 heteroatoms. The molecule has 0 unspecified atom stereocenters. The summed E-state index contributed by atoms with van der Waals surface area (Å²) in [5.74, 6) is 0. The molecule has 0 bridgehead atoms. The second-order valence-corrected chi connectivity index (χ2v) is 4.09. The predicted octanol–water partition coefficient (Wildman–Crippen LogP) is 2.66. The van der Waals surface area contributed by atoms with Gasteiger partial charge in [0, 0.05) is 6.20 Å². The molecule has 80 valence electrons. The van der Waals surface area contributed by atoms with Crippen molar-refractivity contribution in [2.75, 3.05) is 0 Å². The fraction of sp³-hybridized carbons (Fsp3) is 0.250. The van der Waals surface area contributed by atoms with Gasteiger partial charge in [-0.25, -0.2) is 9.97 Å². The monoisotopic (exact) mass is 233 g/mol. The Hall–Kier alpha value is -1.37. The van der Waals surface area contributed by atoms with Crippen molar-refractivity contribution in [3.05, 3.63) is 29.4 Å². The molecular formula is C8H6F3N3S. The first-order valence-corrected chi connectivity index (χ1v) is 4.82. The van der Waals surface area contributed by atoms with E-state index < -0.39 is 11.9 Å². The SMILES string of the molecule is Cc1ncc(-n2cnc(C(F)(F)F)c2)s1. The Balaban J connectivity index is 2.36. The smallest absolute Gasteiger partial charge is 0.296 e. The summed E-state index contributed by atoms with van der Waals surface area (Å²) in [6, 6.07) is 0. The molecule has 0 aliphatic rings. The molecule has 0 saturated carbocycles. The van der Waals surface area contributed by atoms with Gasteiger partial charge in [-0.1, -0.05) is 0 Å². The Labute approximate surface area is 87.2 Å². The number of hydrogen-bond acceptors (Lipinski definition) is 3. The topological polar surface area (TPSA) is 30.7 Å². The summed E-state index contributed by atoms with van der Waals surface area (Å²) in [5, 5.41) is 1.42. The van der Waals surface area contributed by atoms with Crippen LogP contribution in [0, 0.1) is 6.92 Å². The summed E-state index contributed by atoms with van der Waals surface area (Å²) in [4.78, 5) is 7.24. The summed E-state index contributed by atoms with van der Waals surface area (Å²) >= 11 is 1.31. The first-order chi connectivity index (χ1) is 6.97. The molecule has 15 heavy (non-hydrogen) atoms. The minimum absolute atomic E-state index is 0.621. The van der Waals surface area contributed by atoms with Crippen LogP contribution in [-0.2, 0) is 6.18 Å². The average Bonchev–Trinajstić information content (AvgIpc) is 2.69. The summed E-state index contributed by atoms with van der Waals surface area (Å²) in [6.07, 6.45) is -0.796. The van der Waals surface area contributed by atoms with Crippen LogP contribution in [0.3, 0.4) is 0 Å². The van der Waals surface area contributed by atoms with Crippen LogP contribution >= 0.6 is 11.3 Å². The van der Waals surface area contributed by atoms with Crippen molar-refractivity contribution < 1.29 is 13.2 Å². The second-order valence-electron chi connectivity index (χ2n) is 2.88. The van der Waals surface area contributed by atoms with Crippen molar-refractivity contribution in [3.8, 4) is 5.00 Å². The van der Waals surface area contributed by atoms with Crippen molar-refractivity contribution in [2.45, 2.75) is 13.1 Å². The van der Waals surface area contributed by atoms with E-state index in [-0.39, 0.29) is 0 Å². The molecule has 0 aromatic carbocycles. The number of alkyl halides is 3. The lowest BCUT2D eigenvalue weighted by molar-refractivity contribution is -0.140. The molecule has 2 rings (SSSR count). The van der Waals surface area contributed by atoms with Crippen LogP contribution in [0.5, 0.6) is 0 Å². The van der Waals surface area contributed by atoms with Crippen LogP contribution in [0.25, 0.3) is 5.00 Å². The van der Waals surface area contributed by atoms with Crippen molar-refractivity contribution in [1.29, 1.82) is 0 Å². The number of thiazole rings is 1. The molecule has 0 saturated heterocycles. The standard InChI is InChI=1S/C8H6F3N3S/c1-5-12-2-7(15-5)14-3-6(13-4-14)8(9,10)11/h2-4H,1H3. The van der Waals surface area contributed by atoms with Gasteiger partial charge in [0.2, 0.25) is 0 Å². The van der Waals surface area contributed by atoms with E-state index in [1.54, 1.807) is 6.92 Å². The Morgan fingerprint density at radius 2 is 2.07 bits per heavy atom. The molecule has 0 N–H and O–H groups in total. The Bertz CT molecular complexity index is 471. The van der Waals surface area contributed by atoms with Crippen LogP contribution in [-0.4, -0.2) is 14.5 Å². The van der Waals surface area contributed by atoms with Crippen molar-refractivity contribution in [1.82, 2.24) is 14.5 Å². The Morgan fingerprint density at radius 1 is 1.33 bits per heavy atom. The zero-order chi connectivity index (χ0) is 11.1. The lowest BCUT2D eigenvalue weighted by Crippen LogP contribution is -2.04. The van der Waals surface area contributed by atoms with Crippen LogP contribution in [0.2, 0.25) is 0 Å². The molecule has 0 radical (unpaired) electrons. The van der Waals surface area contributed by atoms with E-state index in [9.17, 15) is 13.2 Å². The van der Waals surface area contributed by atoms with Crippen molar-refractivity contribution in [3.63, 3.8) is 0 Å². The molecule has 0 aliphatic heterocycles. The molecule has 0 spiro atoms. The molecule has 2 aromatic heterocycles. The first kappa shape index (κ1) is 10.2. The molecular weight excluding hydrogens is 227 g/mol. The maximum absolute atomic E-state index is 12.2. The third-order valence-electron chi connectivity index (χ3n) is 1.74. The lowest BCUT2D eigenvalue weighted by atomic mass is 10.5. The fourth-order valence-corrected chi connectivity index (χ4v) is 1.78. The Kier molecular flexibility index (Phi) is 2.26. The van der Waals surface area contributed by atoms with Crippen LogP contribution in [0.1, 0.15) is 10.7 Å². The van der Waals surface area contributed by atoms with Gasteiger partial charge in [-0.3, -0.25) is 4.57 Å². The van der Waals surface area contributed by atoms with Gasteiger partial charge < -0.3 is 0 Å². The lowest BCUT2D eigenvalue weighted by Gasteiger charge is -1.99. The second kappa shape index (κ2) is 3.34. The van der Waals surface area contributed by atoms with E-state index in [4.69, 9.17) is 0 Å². The number of imidazole rings is 1. The van der Waals surface area contributed by atoms with Gasteiger partial charge in [-0.05, 0) is 6.92 Å². The van der Waals surface area contributed by atoms with Gasteiger partial charge in [-0.15, -0.1) is 11.3 Å². The highest BCUT2D eigenvalue weighted by atomic mass is 32.1. The molecule has 2 heterocycles. The number of halogens is 3. The fourth-order valence-electron chi connectivity index (χ4n) is 1.06. The Morgan fingerprint density at radius 3 is 2.53 bits per heavy atom. The maximum atomic E-state index is 12.2. The van der Waals surface area contributed by atoms with Gasteiger partial charge in [0.15, 0.2) is 5.69 Å². The van der Waals surface area contributed by atoms with Crippen molar-refractivity contribution >= 4 is 11.3 Å². The number of rotatable bonds is 1. The van der Waals surface area contributed by atoms with Gasteiger partial charge in [-0.2, -0.15) is 13.2 Å². The summed E-state index contributed by atoms with van der Waals surface area (Å²) in [5.41, 5.74) is -0.895. The minimum Gasteiger partial charge on any atom is -0.296 e. The summed E-state index contributed by atoms with van der Waals surface area (Å²) in [7, 11) is 0. The van der Waals surface area contributed by atoms with E-state index in [2.05, 4.69) is 9.97 Å². The molecule has 3 nitrogen and oxygen atoms in total. The van der Waals surface area contributed by atoms with Gasteiger partial charge in [0.1, 0.15) is 11.3 Å². The zero-order valence-electron chi connectivity index (χ0n) is 7.62. The summed E-state index contributed by atoms with van der Waals surface area (Å²) in [6.45, 7) is 1.79. The predicted molar refractivity (Wildman–Crippen MR) is 49.0 cm³/mol. The number of hydrogen-bond donors (Lipinski definition) is 0. The number of aryl methyl sites for hydroxylation is 1. The quantitative estimate of drug-likeness (QED) is 0.758. The summed E-state index contributed by atoms with van der Waals surface area (Å²) < 4.78 is 38.0. The highest BCUT2D eigenvalue weighted by molar-refractivity contribution is 7.14. The average molecular weight is 233 g/mol. The van der Waals surface area contributed by atoms with E-state index in [0.29, 0.717) is 5.00 Å². The van der Waals surface area contributed by atoms with E-state index >= 15 is 0 Å². The highest BCUT2D eigenvalue weighted by Gasteiger charge is 2.33.